The quantitative estimate of drug-likeness (QED) is 0.455. The average Bonchev–Trinajstić information content (AvgIpc) is 3.09. The predicted octanol–water partition coefficient (Wildman–Crippen LogP) is 5.37. The maximum Gasteiger partial charge on any atom is 0.255 e. The number of rotatable bonds is 5. The number of fused-ring (bicyclic) bond motifs is 1. The Labute approximate surface area is 172 Å². The molecule has 0 bridgehead atoms. The third-order valence-electron chi connectivity index (χ3n) is 4.86. The lowest BCUT2D eigenvalue weighted by Crippen LogP contribution is -2.11. The molecule has 0 saturated carbocycles. The van der Waals surface area contributed by atoms with E-state index in [0.717, 1.165) is 5.39 Å². The van der Waals surface area contributed by atoms with E-state index >= 15 is 0 Å². The minimum Gasteiger partial charge on any atom is -0.497 e. The molecule has 5 nitrogen and oxygen atoms in total. The molecule has 0 aliphatic rings. The first-order chi connectivity index (χ1) is 14.5. The summed E-state index contributed by atoms with van der Waals surface area (Å²) in [6.07, 6.45) is 0. The SMILES string of the molecule is COc1ccc(C(=O)c2oc3ccc(NC(=O)c4ccc(F)cc4)cc3c2C)cc1. The summed E-state index contributed by atoms with van der Waals surface area (Å²) in [5.74, 6) is -0.0871. The molecule has 3 aromatic carbocycles. The topological polar surface area (TPSA) is 68.5 Å². The van der Waals surface area contributed by atoms with E-state index in [1.807, 2.05) is 0 Å². The summed E-state index contributed by atoms with van der Waals surface area (Å²) in [6.45, 7) is 1.80. The summed E-state index contributed by atoms with van der Waals surface area (Å²) < 4.78 is 24.0. The summed E-state index contributed by atoms with van der Waals surface area (Å²) in [5, 5.41) is 3.50. The van der Waals surface area contributed by atoms with Gasteiger partial charge in [0, 0.05) is 27.8 Å². The van der Waals surface area contributed by atoms with Crippen molar-refractivity contribution in [1.82, 2.24) is 0 Å². The van der Waals surface area contributed by atoms with Gasteiger partial charge in [0.2, 0.25) is 5.78 Å². The number of ether oxygens (including phenoxy) is 1. The van der Waals surface area contributed by atoms with E-state index in [-0.39, 0.29) is 17.5 Å². The Bertz CT molecular complexity index is 1240. The molecule has 0 saturated heterocycles. The number of furan rings is 1. The number of hydrogen-bond acceptors (Lipinski definition) is 4. The first-order valence-electron chi connectivity index (χ1n) is 9.25. The van der Waals surface area contributed by atoms with Crippen LogP contribution in [-0.4, -0.2) is 18.8 Å². The highest BCUT2D eigenvalue weighted by atomic mass is 19.1. The lowest BCUT2D eigenvalue weighted by Gasteiger charge is -2.05. The number of methoxy groups -OCH3 is 1. The Morgan fingerprint density at radius 1 is 0.933 bits per heavy atom. The minimum absolute atomic E-state index is 0.233. The van der Waals surface area contributed by atoms with Gasteiger partial charge in [-0.2, -0.15) is 0 Å². The fourth-order valence-electron chi connectivity index (χ4n) is 3.19. The Morgan fingerprint density at radius 3 is 2.27 bits per heavy atom. The molecular formula is C24H18FNO4. The van der Waals surface area contributed by atoms with Crippen molar-refractivity contribution >= 4 is 28.3 Å². The summed E-state index contributed by atoms with van der Waals surface area (Å²) in [7, 11) is 1.56. The van der Waals surface area contributed by atoms with E-state index in [9.17, 15) is 14.0 Å². The number of carbonyl (C=O) groups is 2. The molecule has 0 atom stereocenters. The Kier molecular flexibility index (Phi) is 5.06. The number of ketones is 1. The highest BCUT2D eigenvalue weighted by Crippen LogP contribution is 2.30. The minimum atomic E-state index is -0.406. The van der Waals surface area contributed by atoms with Crippen LogP contribution in [-0.2, 0) is 0 Å². The molecular weight excluding hydrogens is 385 g/mol. The fraction of sp³-hybridized carbons (Fsp3) is 0.0833. The number of benzene rings is 3. The lowest BCUT2D eigenvalue weighted by atomic mass is 10.0. The van der Waals surface area contributed by atoms with Gasteiger partial charge in [0.1, 0.15) is 17.1 Å². The summed E-state index contributed by atoms with van der Waals surface area (Å²) in [4.78, 5) is 25.3. The first-order valence-corrected chi connectivity index (χ1v) is 9.25. The Morgan fingerprint density at radius 2 is 1.60 bits per heavy atom. The van der Waals surface area contributed by atoms with E-state index in [0.29, 0.717) is 33.7 Å². The van der Waals surface area contributed by atoms with Crippen LogP contribution in [0.2, 0.25) is 0 Å². The molecule has 1 aromatic heterocycles. The molecule has 0 fully saturated rings. The normalized spacial score (nSPS) is 10.8. The van der Waals surface area contributed by atoms with Crippen LogP contribution >= 0.6 is 0 Å². The largest absolute Gasteiger partial charge is 0.497 e. The van der Waals surface area contributed by atoms with E-state index in [1.54, 1.807) is 56.5 Å². The summed E-state index contributed by atoms with van der Waals surface area (Å²) >= 11 is 0. The second-order valence-electron chi connectivity index (χ2n) is 6.79. The fourth-order valence-corrected chi connectivity index (χ4v) is 3.19. The van der Waals surface area contributed by atoms with Crippen molar-refractivity contribution in [3.05, 3.63) is 95.0 Å². The number of aryl methyl sites for hydroxylation is 1. The van der Waals surface area contributed by atoms with Crippen LogP contribution in [0, 0.1) is 12.7 Å². The van der Waals surface area contributed by atoms with Gasteiger partial charge in [-0.05, 0) is 73.7 Å². The van der Waals surface area contributed by atoms with E-state index in [2.05, 4.69) is 5.32 Å². The van der Waals surface area contributed by atoms with Crippen LogP contribution < -0.4 is 10.1 Å². The van der Waals surface area contributed by atoms with Gasteiger partial charge in [0.05, 0.1) is 7.11 Å². The zero-order valence-corrected chi connectivity index (χ0v) is 16.4. The number of amides is 1. The molecule has 150 valence electrons. The van der Waals surface area contributed by atoms with Crippen LogP contribution in [0.4, 0.5) is 10.1 Å². The van der Waals surface area contributed by atoms with Gasteiger partial charge in [0.25, 0.3) is 5.91 Å². The zero-order chi connectivity index (χ0) is 21.3. The number of anilines is 1. The van der Waals surface area contributed by atoms with Crippen LogP contribution in [0.1, 0.15) is 32.0 Å². The first kappa shape index (κ1) is 19.4. The van der Waals surface area contributed by atoms with Gasteiger partial charge in [-0.15, -0.1) is 0 Å². The van der Waals surface area contributed by atoms with Crippen molar-refractivity contribution in [3.63, 3.8) is 0 Å². The van der Waals surface area contributed by atoms with Crippen LogP contribution in [0.5, 0.6) is 5.75 Å². The molecule has 1 heterocycles. The van der Waals surface area contributed by atoms with Gasteiger partial charge in [-0.3, -0.25) is 9.59 Å². The van der Waals surface area contributed by atoms with Gasteiger partial charge in [-0.1, -0.05) is 0 Å². The molecule has 6 heteroatoms. The van der Waals surface area contributed by atoms with Crippen molar-refractivity contribution in [2.45, 2.75) is 6.92 Å². The highest BCUT2D eigenvalue weighted by molar-refractivity contribution is 6.11. The van der Waals surface area contributed by atoms with Crippen molar-refractivity contribution in [1.29, 1.82) is 0 Å². The van der Waals surface area contributed by atoms with E-state index in [1.165, 1.54) is 24.3 Å². The Balaban J connectivity index is 1.62. The smallest absolute Gasteiger partial charge is 0.255 e. The van der Waals surface area contributed by atoms with Crippen molar-refractivity contribution < 1.29 is 23.1 Å². The molecule has 30 heavy (non-hydrogen) atoms. The highest BCUT2D eigenvalue weighted by Gasteiger charge is 2.20. The number of halogens is 1. The monoisotopic (exact) mass is 403 g/mol. The van der Waals surface area contributed by atoms with Gasteiger partial charge in [0.15, 0.2) is 5.76 Å². The number of hydrogen-bond donors (Lipinski definition) is 1. The maximum absolute atomic E-state index is 13.0. The third-order valence-corrected chi connectivity index (χ3v) is 4.86. The van der Waals surface area contributed by atoms with Crippen molar-refractivity contribution in [3.8, 4) is 5.75 Å². The van der Waals surface area contributed by atoms with Crippen LogP contribution in [0.15, 0.2) is 71.1 Å². The van der Waals surface area contributed by atoms with Gasteiger partial charge < -0.3 is 14.5 Å². The maximum atomic E-state index is 13.0. The van der Waals surface area contributed by atoms with Crippen LogP contribution in [0.3, 0.4) is 0 Å². The standard InChI is InChI=1S/C24H18FNO4/c1-14-20-13-18(26-24(28)16-3-7-17(25)8-4-16)9-12-21(20)30-23(14)22(27)15-5-10-19(29-2)11-6-15/h3-13H,1-2H3,(H,26,28). The molecule has 0 radical (unpaired) electrons. The van der Waals surface area contributed by atoms with Gasteiger partial charge in [-0.25, -0.2) is 4.39 Å². The average molecular weight is 403 g/mol. The molecule has 0 aliphatic heterocycles. The summed E-state index contributed by atoms with van der Waals surface area (Å²) in [6, 6.07) is 17.2. The Hall–Kier alpha value is -3.93. The molecule has 1 N–H and O–H groups in total. The van der Waals surface area contributed by atoms with Crippen LogP contribution in [0.25, 0.3) is 11.0 Å². The second-order valence-corrected chi connectivity index (χ2v) is 6.79. The molecule has 4 rings (SSSR count). The zero-order valence-electron chi connectivity index (χ0n) is 16.4. The van der Waals surface area contributed by atoms with Crippen molar-refractivity contribution in [2.75, 3.05) is 12.4 Å². The molecule has 1 amide bonds. The predicted molar refractivity (Wildman–Crippen MR) is 112 cm³/mol. The number of nitrogens with one attached hydrogen (secondary N) is 1. The molecule has 4 aromatic rings. The van der Waals surface area contributed by atoms with Gasteiger partial charge >= 0.3 is 0 Å². The van der Waals surface area contributed by atoms with E-state index in [4.69, 9.17) is 9.15 Å². The number of carbonyl (C=O) groups excluding carboxylic acids is 2. The molecule has 0 spiro atoms. The molecule has 0 unspecified atom stereocenters. The molecule has 0 aliphatic carbocycles. The lowest BCUT2D eigenvalue weighted by molar-refractivity contribution is 0.101. The van der Waals surface area contributed by atoms with Crippen molar-refractivity contribution in [2.24, 2.45) is 0 Å². The van der Waals surface area contributed by atoms with E-state index < -0.39 is 5.82 Å². The third kappa shape index (κ3) is 3.67. The summed E-state index contributed by atoms with van der Waals surface area (Å²) in [5.41, 5.74) is 2.61. The second kappa shape index (κ2) is 7.83.